The highest BCUT2D eigenvalue weighted by atomic mass is 16.9. The third-order valence-corrected chi connectivity index (χ3v) is 7.53. The van der Waals surface area contributed by atoms with E-state index in [4.69, 9.17) is 0 Å². The van der Waals surface area contributed by atoms with Crippen molar-refractivity contribution in [1.82, 2.24) is 4.90 Å². The summed E-state index contributed by atoms with van der Waals surface area (Å²) >= 11 is 0. The Morgan fingerprint density at radius 3 is 2.46 bits per heavy atom. The largest absolute Gasteiger partial charge is 0.393 e. The number of nitrogens with zero attached hydrogens (tertiary/aromatic N) is 2. The minimum absolute atomic E-state index is 0.00108. The van der Waals surface area contributed by atoms with Crippen molar-refractivity contribution < 1.29 is 34.8 Å². The highest BCUT2D eigenvalue weighted by molar-refractivity contribution is 5.95. The lowest BCUT2D eigenvalue weighted by Crippen LogP contribution is -2.36. The summed E-state index contributed by atoms with van der Waals surface area (Å²) in [4.78, 5) is 40.6. The number of aliphatic hydroxyl groups is 3. The van der Waals surface area contributed by atoms with Gasteiger partial charge in [0.1, 0.15) is 0 Å². The Morgan fingerprint density at radius 1 is 1.07 bits per heavy atom. The molecule has 0 saturated heterocycles. The summed E-state index contributed by atoms with van der Waals surface area (Å²) in [5.41, 5.74) is 1.16. The molecular formula is C31H46N2O8. The van der Waals surface area contributed by atoms with Gasteiger partial charge in [0.05, 0.1) is 24.9 Å². The van der Waals surface area contributed by atoms with Gasteiger partial charge >= 0.3 is 0 Å². The molecule has 0 spiro atoms. The molecular weight excluding hydrogens is 528 g/mol. The normalized spacial score (nSPS) is 21.4. The Bertz CT molecular complexity index is 984. The van der Waals surface area contributed by atoms with Gasteiger partial charge in [-0.15, -0.1) is 10.1 Å². The first-order chi connectivity index (χ1) is 19.7. The molecule has 2 rings (SSSR count). The van der Waals surface area contributed by atoms with Gasteiger partial charge in [0, 0.05) is 31.7 Å². The highest BCUT2D eigenvalue weighted by Crippen LogP contribution is 2.36. The van der Waals surface area contributed by atoms with E-state index in [-0.39, 0.29) is 43.1 Å². The molecule has 0 unspecified atom stereocenters. The van der Waals surface area contributed by atoms with Gasteiger partial charge < -0.3 is 20.2 Å². The van der Waals surface area contributed by atoms with E-state index in [0.717, 1.165) is 12.0 Å². The topological polar surface area (TPSA) is 150 Å². The maximum absolute atomic E-state index is 12.5. The fourth-order valence-electron chi connectivity index (χ4n) is 5.22. The summed E-state index contributed by atoms with van der Waals surface area (Å²) in [5, 5.41) is 40.6. The van der Waals surface area contributed by atoms with Crippen molar-refractivity contribution in [2.24, 2.45) is 11.8 Å². The first kappa shape index (κ1) is 34.1. The summed E-state index contributed by atoms with van der Waals surface area (Å²) in [6, 6.07) is 9.95. The fraction of sp³-hybridized carbons (Fsp3) is 0.613. The minimum atomic E-state index is -0.837. The third kappa shape index (κ3) is 13.0. The van der Waals surface area contributed by atoms with Gasteiger partial charge in [-0.05, 0) is 63.4 Å². The molecule has 5 atom stereocenters. The second-order valence-electron chi connectivity index (χ2n) is 10.6. The summed E-state index contributed by atoms with van der Waals surface area (Å²) in [6.45, 7) is 2.06. The zero-order chi connectivity index (χ0) is 30.0. The van der Waals surface area contributed by atoms with E-state index in [0.29, 0.717) is 57.9 Å². The summed E-state index contributed by atoms with van der Waals surface area (Å²) in [7, 11) is 0. The predicted octanol–water partition coefficient (Wildman–Crippen LogP) is 4.15. The number of aryl methyl sites for hydroxylation is 1. The molecule has 0 radical (unpaired) electrons. The average Bonchev–Trinajstić information content (AvgIpc) is 3.22. The number of allylic oxidation sites excluding steroid dienone is 2. The van der Waals surface area contributed by atoms with E-state index in [2.05, 4.69) is 4.84 Å². The van der Waals surface area contributed by atoms with Crippen molar-refractivity contribution in [2.75, 3.05) is 13.2 Å². The van der Waals surface area contributed by atoms with Crippen molar-refractivity contribution in [3.05, 3.63) is 70.3 Å². The minimum Gasteiger partial charge on any atom is -0.393 e. The SMILES string of the molecule is CCN(C(=O)CCCC=CC[C@@H]1[C@@H](C=C[C@@H](O)CCc2ccccc2)[C@H](O)C[C@@H]1O)C(=O)CCCCCO[N+](=O)[O-]. The van der Waals surface area contributed by atoms with Gasteiger partial charge in [0.15, 0.2) is 0 Å². The first-order valence-corrected chi connectivity index (χ1v) is 14.7. The molecule has 1 fully saturated rings. The van der Waals surface area contributed by atoms with Crippen LogP contribution in [0.25, 0.3) is 0 Å². The van der Waals surface area contributed by atoms with Crippen molar-refractivity contribution in [3.63, 3.8) is 0 Å². The van der Waals surface area contributed by atoms with Crippen molar-refractivity contribution in [1.29, 1.82) is 0 Å². The van der Waals surface area contributed by atoms with Crippen molar-refractivity contribution in [2.45, 2.75) is 95.9 Å². The Hall–Kier alpha value is -3.08. The molecule has 1 saturated carbocycles. The summed E-state index contributed by atoms with van der Waals surface area (Å²) in [6.07, 6.45) is 11.1. The number of hydrogen-bond donors (Lipinski definition) is 3. The van der Waals surface area contributed by atoms with E-state index >= 15 is 0 Å². The maximum Gasteiger partial charge on any atom is 0.294 e. The number of unbranched alkanes of at least 4 members (excludes halogenated alkanes) is 3. The molecule has 1 aromatic carbocycles. The molecule has 0 aromatic heterocycles. The molecule has 0 bridgehead atoms. The van der Waals surface area contributed by atoms with Crippen LogP contribution >= 0.6 is 0 Å². The van der Waals surface area contributed by atoms with E-state index in [1.165, 1.54) is 4.90 Å². The van der Waals surface area contributed by atoms with Gasteiger partial charge in [-0.2, -0.15) is 0 Å². The van der Waals surface area contributed by atoms with Crippen LogP contribution in [0.2, 0.25) is 0 Å². The van der Waals surface area contributed by atoms with Gasteiger partial charge in [-0.25, -0.2) is 0 Å². The highest BCUT2D eigenvalue weighted by Gasteiger charge is 2.39. The number of hydrogen-bond acceptors (Lipinski definition) is 8. The van der Waals surface area contributed by atoms with Crippen LogP contribution < -0.4 is 0 Å². The van der Waals surface area contributed by atoms with Crippen molar-refractivity contribution >= 4 is 11.8 Å². The summed E-state index contributed by atoms with van der Waals surface area (Å²) in [5.74, 6) is -0.846. The third-order valence-electron chi connectivity index (χ3n) is 7.53. The standard InChI is InChI=1S/C31H46N2O8/c1-2-32(31(38)17-11-6-12-22-41-33(39)40)30(37)16-10-4-3-9-15-26-27(29(36)23-28(26)35)21-20-25(34)19-18-24-13-7-5-8-14-24/h3,5,7-9,13-14,20-21,25-29,34-36H,2,4,6,10-12,15-19,22-23H2,1H3/t25-,26+,27+,28-,29+/m0/s1. The second-order valence-corrected chi connectivity index (χ2v) is 10.6. The number of aliphatic hydroxyl groups excluding tert-OH is 3. The Kier molecular flexibility index (Phi) is 15.9. The molecule has 228 valence electrons. The van der Waals surface area contributed by atoms with Crippen LogP contribution in [0.1, 0.15) is 76.7 Å². The number of amides is 2. The van der Waals surface area contributed by atoms with E-state index < -0.39 is 23.4 Å². The Morgan fingerprint density at radius 2 is 1.78 bits per heavy atom. The molecule has 3 N–H and O–H groups in total. The van der Waals surface area contributed by atoms with Crippen LogP contribution in [-0.4, -0.2) is 68.6 Å². The molecule has 41 heavy (non-hydrogen) atoms. The van der Waals surface area contributed by atoms with Crippen LogP contribution in [0.5, 0.6) is 0 Å². The average molecular weight is 575 g/mol. The predicted molar refractivity (Wildman–Crippen MR) is 155 cm³/mol. The number of imide groups is 1. The van der Waals surface area contributed by atoms with Crippen LogP contribution in [0.3, 0.4) is 0 Å². The molecule has 1 aromatic rings. The van der Waals surface area contributed by atoms with Crippen molar-refractivity contribution in [3.8, 4) is 0 Å². The number of rotatable bonds is 19. The Labute approximate surface area is 242 Å². The quantitative estimate of drug-likeness (QED) is 0.0965. The molecule has 0 aliphatic heterocycles. The van der Waals surface area contributed by atoms with Crippen LogP contribution in [0.4, 0.5) is 0 Å². The van der Waals surface area contributed by atoms with Gasteiger partial charge in [-0.3, -0.25) is 14.5 Å². The summed E-state index contributed by atoms with van der Waals surface area (Å²) < 4.78 is 0. The van der Waals surface area contributed by atoms with E-state index in [1.54, 1.807) is 13.0 Å². The lowest BCUT2D eigenvalue weighted by Gasteiger charge is -2.20. The van der Waals surface area contributed by atoms with Crippen LogP contribution in [0.15, 0.2) is 54.6 Å². The lowest BCUT2D eigenvalue weighted by atomic mass is 9.89. The fourth-order valence-corrected chi connectivity index (χ4v) is 5.22. The van der Waals surface area contributed by atoms with Gasteiger partial charge in [-0.1, -0.05) is 61.1 Å². The number of carbonyl (C=O) groups excluding carboxylic acids is 2. The van der Waals surface area contributed by atoms with Crippen LogP contribution in [-0.2, 0) is 20.8 Å². The maximum atomic E-state index is 12.5. The molecule has 1 aliphatic rings. The molecule has 10 nitrogen and oxygen atoms in total. The first-order valence-electron chi connectivity index (χ1n) is 14.7. The smallest absolute Gasteiger partial charge is 0.294 e. The Balaban J connectivity index is 1.70. The lowest BCUT2D eigenvalue weighted by molar-refractivity contribution is -0.757. The molecule has 2 amide bonds. The monoisotopic (exact) mass is 574 g/mol. The second kappa shape index (κ2) is 19.1. The molecule has 0 heterocycles. The zero-order valence-electron chi connectivity index (χ0n) is 24.1. The number of carbonyl (C=O) groups is 2. The van der Waals surface area contributed by atoms with Gasteiger partial charge in [0.25, 0.3) is 5.09 Å². The molecule has 1 aliphatic carbocycles. The zero-order valence-corrected chi connectivity index (χ0v) is 24.1. The van der Waals surface area contributed by atoms with Gasteiger partial charge in [0.2, 0.25) is 11.8 Å². The van der Waals surface area contributed by atoms with E-state index in [1.807, 2.05) is 48.6 Å². The van der Waals surface area contributed by atoms with Crippen LogP contribution in [0, 0.1) is 22.0 Å². The number of benzene rings is 1. The van der Waals surface area contributed by atoms with E-state index in [9.17, 15) is 35.0 Å². The molecule has 10 heteroatoms.